The molecule has 0 saturated carbocycles. The van der Waals surface area contributed by atoms with E-state index in [0.29, 0.717) is 5.56 Å². The second kappa shape index (κ2) is 5.36. The minimum atomic E-state index is -0.315. The van der Waals surface area contributed by atoms with Gasteiger partial charge >= 0.3 is 5.97 Å². The fourth-order valence-corrected chi connectivity index (χ4v) is 2.27. The Hall–Kier alpha value is -1.61. The van der Waals surface area contributed by atoms with Crippen LogP contribution in [0.25, 0.3) is 11.1 Å². The monoisotopic (exact) mass is 304 g/mol. The molecule has 0 unspecified atom stereocenters. The maximum atomic E-state index is 11.8. The number of rotatable bonds is 2. The van der Waals surface area contributed by atoms with E-state index in [-0.39, 0.29) is 5.97 Å². The molecule has 0 aliphatic heterocycles. The van der Waals surface area contributed by atoms with Gasteiger partial charge in [-0.25, -0.2) is 4.79 Å². The molecular weight excluding hydrogens is 292 g/mol. The first-order valence-corrected chi connectivity index (χ1v) is 6.37. The van der Waals surface area contributed by atoms with Gasteiger partial charge in [0.25, 0.3) is 0 Å². The lowest BCUT2D eigenvalue weighted by Gasteiger charge is -2.11. The van der Waals surface area contributed by atoms with Crippen LogP contribution in [0.3, 0.4) is 0 Å². The Morgan fingerprint density at radius 2 is 1.72 bits per heavy atom. The normalized spacial score (nSPS) is 10.2. The van der Waals surface area contributed by atoms with Crippen molar-refractivity contribution in [3.05, 3.63) is 58.1 Å². The van der Waals surface area contributed by atoms with Gasteiger partial charge in [0.1, 0.15) is 0 Å². The summed E-state index contributed by atoms with van der Waals surface area (Å²) < 4.78 is 5.85. The fraction of sp³-hybridized carbons (Fsp3) is 0.133. The Morgan fingerprint density at radius 1 is 1.06 bits per heavy atom. The summed E-state index contributed by atoms with van der Waals surface area (Å²) in [5.41, 5.74) is 3.61. The molecule has 0 aliphatic carbocycles. The van der Waals surface area contributed by atoms with E-state index >= 15 is 0 Å². The Morgan fingerprint density at radius 3 is 2.44 bits per heavy atom. The summed E-state index contributed by atoms with van der Waals surface area (Å²) in [5.74, 6) is -0.315. The Balaban J connectivity index is 2.64. The zero-order valence-corrected chi connectivity index (χ0v) is 11.8. The molecule has 0 N–H and O–H groups in total. The number of carbonyl (C=O) groups is 1. The number of halogens is 1. The van der Waals surface area contributed by atoms with E-state index in [1.165, 1.54) is 7.11 Å². The van der Waals surface area contributed by atoms with Gasteiger partial charge in [-0.1, -0.05) is 46.3 Å². The van der Waals surface area contributed by atoms with Crippen LogP contribution < -0.4 is 0 Å². The van der Waals surface area contributed by atoms with Gasteiger partial charge in [0.2, 0.25) is 0 Å². The first kappa shape index (κ1) is 12.8. The standard InChI is InChI=1S/C15H13BrO2/c1-10-11(8-5-9-14(10)16)12-6-3-4-7-13(12)15(17)18-2/h3-9H,1-2H3. The third-order valence-electron chi connectivity index (χ3n) is 2.89. The van der Waals surface area contributed by atoms with Gasteiger partial charge in [-0.2, -0.15) is 0 Å². The van der Waals surface area contributed by atoms with Crippen LogP contribution in [-0.4, -0.2) is 13.1 Å². The number of carbonyl (C=O) groups excluding carboxylic acids is 1. The molecule has 0 aliphatic rings. The zero-order valence-electron chi connectivity index (χ0n) is 10.2. The van der Waals surface area contributed by atoms with E-state index in [4.69, 9.17) is 4.74 Å². The molecule has 2 rings (SSSR count). The van der Waals surface area contributed by atoms with Crippen LogP contribution in [-0.2, 0) is 4.74 Å². The van der Waals surface area contributed by atoms with Gasteiger partial charge in [-0.05, 0) is 35.7 Å². The van der Waals surface area contributed by atoms with Crippen molar-refractivity contribution < 1.29 is 9.53 Å². The number of benzene rings is 2. The van der Waals surface area contributed by atoms with Crippen LogP contribution in [0.5, 0.6) is 0 Å². The topological polar surface area (TPSA) is 26.3 Å². The summed E-state index contributed by atoms with van der Waals surface area (Å²) >= 11 is 3.51. The van der Waals surface area contributed by atoms with Gasteiger partial charge in [0.15, 0.2) is 0 Å². The average molecular weight is 305 g/mol. The smallest absolute Gasteiger partial charge is 0.338 e. The van der Waals surface area contributed by atoms with Crippen LogP contribution in [0.4, 0.5) is 0 Å². The Bertz CT molecular complexity index is 591. The molecular formula is C15H13BrO2. The third kappa shape index (κ3) is 2.31. The minimum Gasteiger partial charge on any atom is -0.465 e. The Kier molecular flexibility index (Phi) is 3.82. The van der Waals surface area contributed by atoms with Crippen molar-refractivity contribution in [2.75, 3.05) is 7.11 Å². The van der Waals surface area contributed by atoms with Crippen molar-refractivity contribution >= 4 is 21.9 Å². The first-order valence-electron chi connectivity index (χ1n) is 5.58. The van der Waals surface area contributed by atoms with Gasteiger partial charge in [0, 0.05) is 4.47 Å². The lowest BCUT2D eigenvalue weighted by Crippen LogP contribution is -2.03. The van der Waals surface area contributed by atoms with Crippen LogP contribution >= 0.6 is 15.9 Å². The Labute approximate surface area is 115 Å². The van der Waals surface area contributed by atoms with Crippen molar-refractivity contribution in [2.45, 2.75) is 6.92 Å². The van der Waals surface area contributed by atoms with E-state index in [0.717, 1.165) is 21.2 Å². The summed E-state index contributed by atoms with van der Waals surface area (Å²) in [4.78, 5) is 11.8. The van der Waals surface area contributed by atoms with Gasteiger partial charge in [-0.15, -0.1) is 0 Å². The van der Waals surface area contributed by atoms with Crippen LogP contribution in [0.1, 0.15) is 15.9 Å². The predicted octanol–water partition coefficient (Wildman–Crippen LogP) is 4.21. The maximum absolute atomic E-state index is 11.8. The molecule has 0 heterocycles. The summed E-state index contributed by atoms with van der Waals surface area (Å²) in [6, 6.07) is 13.4. The van der Waals surface area contributed by atoms with E-state index in [2.05, 4.69) is 15.9 Å². The highest BCUT2D eigenvalue weighted by Crippen LogP contribution is 2.31. The van der Waals surface area contributed by atoms with Crippen LogP contribution in [0, 0.1) is 6.92 Å². The molecule has 18 heavy (non-hydrogen) atoms. The molecule has 2 aromatic carbocycles. The second-order valence-electron chi connectivity index (χ2n) is 3.95. The van der Waals surface area contributed by atoms with Gasteiger partial charge in [0.05, 0.1) is 12.7 Å². The molecule has 0 fully saturated rings. The van der Waals surface area contributed by atoms with E-state index in [1.54, 1.807) is 6.07 Å². The highest BCUT2D eigenvalue weighted by molar-refractivity contribution is 9.10. The first-order chi connectivity index (χ1) is 8.65. The summed E-state index contributed by atoms with van der Waals surface area (Å²) in [6.07, 6.45) is 0. The largest absolute Gasteiger partial charge is 0.465 e. The molecule has 0 bridgehead atoms. The molecule has 0 saturated heterocycles. The summed E-state index contributed by atoms with van der Waals surface area (Å²) in [5, 5.41) is 0. The molecule has 0 radical (unpaired) electrons. The molecule has 3 heteroatoms. The highest BCUT2D eigenvalue weighted by atomic mass is 79.9. The summed E-state index contributed by atoms with van der Waals surface area (Å²) in [7, 11) is 1.40. The third-order valence-corrected chi connectivity index (χ3v) is 3.75. The second-order valence-corrected chi connectivity index (χ2v) is 4.80. The number of hydrogen-bond donors (Lipinski definition) is 0. The molecule has 92 valence electrons. The van der Waals surface area contributed by atoms with E-state index in [1.807, 2.05) is 43.3 Å². The molecule has 0 amide bonds. The SMILES string of the molecule is COC(=O)c1ccccc1-c1cccc(Br)c1C. The molecule has 0 atom stereocenters. The van der Waals surface area contributed by atoms with Gasteiger partial charge in [-0.3, -0.25) is 0 Å². The molecule has 2 nitrogen and oxygen atoms in total. The average Bonchev–Trinajstić information content (AvgIpc) is 2.41. The number of methoxy groups -OCH3 is 1. The minimum absolute atomic E-state index is 0.315. The van der Waals surface area contributed by atoms with Crippen LogP contribution in [0.2, 0.25) is 0 Å². The quantitative estimate of drug-likeness (QED) is 0.777. The van der Waals surface area contributed by atoms with Crippen molar-refractivity contribution in [1.29, 1.82) is 0 Å². The lowest BCUT2D eigenvalue weighted by molar-refractivity contribution is 0.0601. The lowest BCUT2D eigenvalue weighted by atomic mass is 9.96. The van der Waals surface area contributed by atoms with Crippen molar-refractivity contribution in [1.82, 2.24) is 0 Å². The van der Waals surface area contributed by atoms with E-state index < -0.39 is 0 Å². The highest BCUT2D eigenvalue weighted by Gasteiger charge is 2.14. The number of ether oxygens (including phenoxy) is 1. The van der Waals surface area contributed by atoms with Crippen LogP contribution in [0.15, 0.2) is 46.9 Å². The predicted molar refractivity (Wildman–Crippen MR) is 75.7 cm³/mol. The fourth-order valence-electron chi connectivity index (χ4n) is 1.91. The van der Waals surface area contributed by atoms with Crippen molar-refractivity contribution in [3.63, 3.8) is 0 Å². The molecule has 2 aromatic rings. The summed E-state index contributed by atoms with van der Waals surface area (Å²) in [6.45, 7) is 2.02. The van der Waals surface area contributed by atoms with E-state index in [9.17, 15) is 4.79 Å². The maximum Gasteiger partial charge on any atom is 0.338 e. The van der Waals surface area contributed by atoms with Gasteiger partial charge < -0.3 is 4.74 Å². The van der Waals surface area contributed by atoms with Crippen molar-refractivity contribution in [3.8, 4) is 11.1 Å². The number of esters is 1. The molecule has 0 spiro atoms. The molecule has 0 aromatic heterocycles. The number of hydrogen-bond acceptors (Lipinski definition) is 2. The zero-order chi connectivity index (χ0) is 13.1. The van der Waals surface area contributed by atoms with Crippen molar-refractivity contribution in [2.24, 2.45) is 0 Å².